The first kappa shape index (κ1) is 15.5. The molecule has 0 fully saturated rings. The molecule has 1 N–H and O–H groups in total. The van der Waals surface area contributed by atoms with E-state index in [0.29, 0.717) is 23.2 Å². The lowest BCUT2D eigenvalue weighted by atomic mass is 10.2. The van der Waals surface area contributed by atoms with Crippen molar-refractivity contribution >= 4 is 17.6 Å². The van der Waals surface area contributed by atoms with Gasteiger partial charge in [-0.2, -0.15) is 0 Å². The number of hydrogen-bond acceptors (Lipinski definition) is 4. The molecule has 21 heavy (non-hydrogen) atoms. The highest BCUT2D eigenvalue weighted by molar-refractivity contribution is 6.30. The first-order valence-electron chi connectivity index (χ1n) is 6.62. The van der Waals surface area contributed by atoms with Gasteiger partial charge in [0.15, 0.2) is 0 Å². The van der Waals surface area contributed by atoms with Gasteiger partial charge in [0, 0.05) is 23.2 Å². The molecular weight excluding hydrogens is 292 g/mol. The van der Waals surface area contributed by atoms with Gasteiger partial charge in [-0.25, -0.2) is 4.98 Å². The fraction of sp³-hybridized carbons (Fsp3) is 0.333. The summed E-state index contributed by atoms with van der Waals surface area (Å²) in [6, 6.07) is 7.30. The summed E-state index contributed by atoms with van der Waals surface area (Å²) < 4.78 is 5.45. The standard InChI is InChI=1S/C15H17ClN2O3/c1-10(2)18(8-14(19)20)7-13-9-21-15(17-13)11-3-5-12(16)6-4-11/h3-6,9-10H,7-8H2,1-2H3,(H,19,20). The smallest absolute Gasteiger partial charge is 0.317 e. The lowest BCUT2D eigenvalue weighted by molar-refractivity contribution is -0.139. The number of nitrogens with zero attached hydrogens (tertiary/aromatic N) is 2. The van der Waals surface area contributed by atoms with Crippen LogP contribution in [0.1, 0.15) is 19.5 Å². The van der Waals surface area contributed by atoms with Crippen molar-refractivity contribution in [3.63, 3.8) is 0 Å². The van der Waals surface area contributed by atoms with Gasteiger partial charge in [-0.15, -0.1) is 0 Å². The third-order valence-electron chi connectivity index (χ3n) is 3.08. The lowest BCUT2D eigenvalue weighted by Crippen LogP contribution is -2.35. The molecule has 5 nitrogen and oxygen atoms in total. The van der Waals surface area contributed by atoms with E-state index in [2.05, 4.69) is 4.98 Å². The van der Waals surface area contributed by atoms with Gasteiger partial charge in [0.2, 0.25) is 5.89 Å². The Morgan fingerprint density at radius 3 is 2.62 bits per heavy atom. The minimum atomic E-state index is -0.856. The normalized spacial score (nSPS) is 11.3. The number of hydrogen-bond donors (Lipinski definition) is 1. The average Bonchev–Trinajstić information content (AvgIpc) is 2.87. The van der Waals surface area contributed by atoms with Crippen LogP contribution < -0.4 is 0 Å². The van der Waals surface area contributed by atoms with Crippen LogP contribution in [0.2, 0.25) is 5.02 Å². The molecule has 6 heteroatoms. The zero-order valence-electron chi connectivity index (χ0n) is 11.9. The zero-order valence-corrected chi connectivity index (χ0v) is 12.7. The molecule has 0 unspecified atom stereocenters. The Morgan fingerprint density at radius 1 is 1.38 bits per heavy atom. The van der Waals surface area contributed by atoms with Gasteiger partial charge < -0.3 is 9.52 Å². The summed E-state index contributed by atoms with van der Waals surface area (Å²) in [5, 5.41) is 9.57. The third-order valence-corrected chi connectivity index (χ3v) is 3.33. The zero-order chi connectivity index (χ0) is 15.4. The Bertz CT molecular complexity index is 608. The van der Waals surface area contributed by atoms with Crippen molar-refractivity contribution in [2.45, 2.75) is 26.4 Å². The Morgan fingerprint density at radius 2 is 2.05 bits per heavy atom. The third kappa shape index (κ3) is 4.31. The summed E-state index contributed by atoms with van der Waals surface area (Å²) >= 11 is 5.84. The maximum Gasteiger partial charge on any atom is 0.317 e. The first-order chi connectivity index (χ1) is 9.95. The van der Waals surface area contributed by atoms with Gasteiger partial charge in [-0.05, 0) is 38.1 Å². The summed E-state index contributed by atoms with van der Waals surface area (Å²) in [6.45, 7) is 4.30. The SMILES string of the molecule is CC(C)N(CC(=O)O)Cc1coc(-c2ccc(Cl)cc2)n1. The van der Waals surface area contributed by atoms with E-state index in [-0.39, 0.29) is 12.6 Å². The van der Waals surface area contributed by atoms with Crippen LogP contribution in [0.25, 0.3) is 11.5 Å². The van der Waals surface area contributed by atoms with Crippen molar-refractivity contribution in [2.24, 2.45) is 0 Å². The monoisotopic (exact) mass is 308 g/mol. The molecule has 0 aliphatic heterocycles. The van der Waals surface area contributed by atoms with Crippen molar-refractivity contribution in [3.05, 3.63) is 41.2 Å². The predicted molar refractivity (Wildman–Crippen MR) is 80.1 cm³/mol. The molecule has 1 aromatic carbocycles. The summed E-state index contributed by atoms with van der Waals surface area (Å²) in [6.07, 6.45) is 1.56. The molecule has 1 heterocycles. The summed E-state index contributed by atoms with van der Waals surface area (Å²) in [5.74, 6) is -0.356. The Balaban J connectivity index is 2.11. The second-order valence-electron chi connectivity index (χ2n) is 5.04. The van der Waals surface area contributed by atoms with E-state index in [1.54, 1.807) is 18.4 Å². The minimum absolute atomic E-state index is 0.0270. The van der Waals surface area contributed by atoms with Gasteiger partial charge in [0.25, 0.3) is 0 Å². The highest BCUT2D eigenvalue weighted by Crippen LogP contribution is 2.21. The van der Waals surface area contributed by atoms with Gasteiger partial charge >= 0.3 is 5.97 Å². The van der Waals surface area contributed by atoms with E-state index in [9.17, 15) is 4.79 Å². The van der Waals surface area contributed by atoms with Crippen LogP contribution >= 0.6 is 11.6 Å². The number of carboxylic acids is 1. The number of carbonyl (C=O) groups is 1. The van der Waals surface area contributed by atoms with Crippen molar-refractivity contribution in [3.8, 4) is 11.5 Å². The van der Waals surface area contributed by atoms with Crippen molar-refractivity contribution < 1.29 is 14.3 Å². The number of rotatable bonds is 6. The second-order valence-corrected chi connectivity index (χ2v) is 5.48. The maximum absolute atomic E-state index is 10.9. The van der Waals surface area contributed by atoms with E-state index in [1.165, 1.54) is 0 Å². The maximum atomic E-state index is 10.9. The summed E-state index contributed by atoms with van der Waals surface area (Å²) in [4.78, 5) is 17.1. The van der Waals surface area contributed by atoms with Crippen molar-refractivity contribution in [1.29, 1.82) is 0 Å². The van der Waals surface area contributed by atoms with Crippen LogP contribution in [-0.2, 0) is 11.3 Å². The van der Waals surface area contributed by atoms with Crippen LogP contribution in [0.5, 0.6) is 0 Å². The Kier molecular flexibility index (Phi) is 4.98. The highest BCUT2D eigenvalue weighted by atomic mass is 35.5. The molecule has 112 valence electrons. The molecule has 2 rings (SSSR count). The number of halogens is 1. The first-order valence-corrected chi connectivity index (χ1v) is 6.99. The van der Waals surface area contributed by atoms with Gasteiger partial charge in [-0.1, -0.05) is 11.6 Å². The van der Waals surface area contributed by atoms with E-state index in [0.717, 1.165) is 5.56 Å². The molecule has 0 saturated heterocycles. The van der Waals surface area contributed by atoms with Crippen molar-refractivity contribution in [2.75, 3.05) is 6.54 Å². The highest BCUT2D eigenvalue weighted by Gasteiger charge is 2.16. The van der Waals surface area contributed by atoms with E-state index >= 15 is 0 Å². The van der Waals surface area contributed by atoms with Crippen LogP contribution in [0.4, 0.5) is 0 Å². The molecule has 0 bridgehead atoms. The Hall–Kier alpha value is -1.85. The van der Waals surface area contributed by atoms with Crippen molar-refractivity contribution in [1.82, 2.24) is 9.88 Å². The van der Waals surface area contributed by atoms with Gasteiger partial charge in [0.1, 0.15) is 6.26 Å². The number of aliphatic carboxylic acids is 1. The fourth-order valence-electron chi connectivity index (χ4n) is 1.91. The molecule has 1 aromatic heterocycles. The number of aromatic nitrogens is 1. The number of carboxylic acid groups (broad SMARTS) is 1. The van der Waals surface area contributed by atoms with Crippen LogP contribution in [-0.4, -0.2) is 33.5 Å². The topological polar surface area (TPSA) is 66.6 Å². The molecule has 2 aromatic rings. The fourth-order valence-corrected chi connectivity index (χ4v) is 2.03. The predicted octanol–water partition coefficient (Wildman–Crippen LogP) is 3.29. The van der Waals surface area contributed by atoms with Crippen LogP contribution in [0.3, 0.4) is 0 Å². The average molecular weight is 309 g/mol. The molecule has 0 atom stereocenters. The quantitative estimate of drug-likeness (QED) is 0.887. The summed E-state index contributed by atoms with van der Waals surface area (Å²) in [5.41, 5.74) is 1.54. The molecule has 0 spiro atoms. The molecule has 0 aliphatic rings. The van der Waals surface area contributed by atoms with Crippen LogP contribution in [0, 0.1) is 0 Å². The minimum Gasteiger partial charge on any atom is -0.480 e. The molecule has 0 saturated carbocycles. The van der Waals surface area contributed by atoms with Gasteiger partial charge in [0.05, 0.1) is 12.2 Å². The molecule has 0 aliphatic carbocycles. The Labute approximate surface area is 128 Å². The largest absolute Gasteiger partial charge is 0.480 e. The molecular formula is C15H17ClN2O3. The van der Waals surface area contributed by atoms with E-state index < -0.39 is 5.97 Å². The molecule has 0 amide bonds. The van der Waals surface area contributed by atoms with Gasteiger partial charge in [-0.3, -0.25) is 9.69 Å². The molecule has 0 radical (unpaired) electrons. The van der Waals surface area contributed by atoms with E-state index in [1.807, 2.05) is 30.9 Å². The van der Waals surface area contributed by atoms with E-state index in [4.69, 9.17) is 21.1 Å². The number of oxazole rings is 1. The van der Waals surface area contributed by atoms with Crippen LogP contribution in [0.15, 0.2) is 34.9 Å². The lowest BCUT2D eigenvalue weighted by Gasteiger charge is -2.22. The summed E-state index contributed by atoms with van der Waals surface area (Å²) in [7, 11) is 0. The number of benzene rings is 1. The second kappa shape index (κ2) is 6.74.